The summed E-state index contributed by atoms with van der Waals surface area (Å²) in [6, 6.07) is 5.48. The Bertz CT molecular complexity index is 1170. The van der Waals surface area contributed by atoms with Crippen LogP contribution in [0.1, 0.15) is 44.5 Å². The van der Waals surface area contributed by atoms with E-state index in [9.17, 15) is 13.2 Å². The number of nitrogens with one attached hydrogen (secondary N) is 1. The molecule has 2 heterocycles. The number of halogens is 1. The summed E-state index contributed by atoms with van der Waals surface area (Å²) in [5.74, 6) is -0.491. The van der Waals surface area contributed by atoms with Crippen LogP contribution in [0.2, 0.25) is 5.02 Å². The van der Waals surface area contributed by atoms with Gasteiger partial charge in [0, 0.05) is 0 Å². The Balaban J connectivity index is 0.000000248. The van der Waals surface area contributed by atoms with E-state index in [1.165, 1.54) is 35.1 Å². The summed E-state index contributed by atoms with van der Waals surface area (Å²) in [7, 11) is -3.93. The number of thiophene rings is 1. The predicted molar refractivity (Wildman–Crippen MR) is 118 cm³/mol. The van der Waals surface area contributed by atoms with Crippen LogP contribution < -0.4 is 4.72 Å². The fraction of sp³-hybridized carbons (Fsp3) is 0.300. The lowest BCUT2D eigenvalue weighted by atomic mass is 9.99. The van der Waals surface area contributed by atoms with Crippen molar-refractivity contribution >= 4 is 44.6 Å². The van der Waals surface area contributed by atoms with Gasteiger partial charge in [-0.15, -0.1) is 11.3 Å². The first-order valence-electron chi connectivity index (χ1n) is 8.89. The molecule has 0 atom stereocenters. The third-order valence-corrected chi connectivity index (χ3v) is 7.48. The average molecular weight is 471 g/mol. The molecule has 0 spiro atoms. The van der Waals surface area contributed by atoms with Gasteiger partial charge in [0.05, 0.1) is 11.5 Å². The van der Waals surface area contributed by atoms with Gasteiger partial charge in [-0.25, -0.2) is 13.1 Å². The Hall–Kier alpha value is -2.20. The number of sulfonamides is 1. The molecule has 7 nitrogen and oxygen atoms in total. The van der Waals surface area contributed by atoms with Crippen LogP contribution in [0.15, 0.2) is 33.0 Å². The molecule has 0 aliphatic rings. The lowest BCUT2D eigenvalue weighted by Gasteiger charge is -2.08. The molecule has 10 heteroatoms. The summed E-state index contributed by atoms with van der Waals surface area (Å²) in [6.45, 7) is 9.17. The highest BCUT2D eigenvalue weighted by Crippen LogP contribution is 2.29. The maximum atomic E-state index is 12.1. The quantitative estimate of drug-likeness (QED) is 0.518. The minimum atomic E-state index is -3.93. The van der Waals surface area contributed by atoms with E-state index in [2.05, 4.69) is 22.9 Å². The molecule has 0 fully saturated rings. The SMILES string of the molecule is CC(=O)c1sccc1S(=O)(=O)Nc1onc(C)c1Cl.Cc1ccc(C)c(CO)c1C. The van der Waals surface area contributed by atoms with Crippen LogP contribution in [0.25, 0.3) is 0 Å². The van der Waals surface area contributed by atoms with E-state index in [1.807, 2.05) is 19.9 Å². The molecule has 0 bridgehead atoms. The van der Waals surface area contributed by atoms with Crippen molar-refractivity contribution in [3.63, 3.8) is 0 Å². The maximum absolute atomic E-state index is 12.1. The van der Waals surface area contributed by atoms with Crippen molar-refractivity contribution in [1.82, 2.24) is 5.16 Å². The number of aliphatic hydroxyl groups is 1. The second-order valence-corrected chi connectivity index (χ2v) is 9.59. The van der Waals surface area contributed by atoms with Gasteiger partial charge in [-0.3, -0.25) is 4.79 Å². The number of ketones is 1. The number of nitrogens with zero attached hydrogens (tertiary/aromatic N) is 1. The number of carbonyl (C=O) groups is 1. The van der Waals surface area contributed by atoms with E-state index in [0.717, 1.165) is 16.9 Å². The zero-order valence-corrected chi connectivity index (χ0v) is 19.6. The fourth-order valence-electron chi connectivity index (χ4n) is 2.62. The predicted octanol–water partition coefficient (Wildman–Crippen LogP) is 4.81. The highest BCUT2D eigenvalue weighted by molar-refractivity contribution is 7.93. The summed E-state index contributed by atoms with van der Waals surface area (Å²) in [4.78, 5) is 11.4. The number of anilines is 1. The normalized spacial score (nSPS) is 11.0. The number of hydrogen-bond donors (Lipinski definition) is 2. The Labute approximate surface area is 184 Å². The van der Waals surface area contributed by atoms with Crippen LogP contribution >= 0.6 is 22.9 Å². The minimum Gasteiger partial charge on any atom is -0.392 e. The van der Waals surface area contributed by atoms with Crippen LogP contribution in [-0.2, 0) is 16.6 Å². The Morgan fingerprint density at radius 2 is 1.83 bits per heavy atom. The second-order valence-electron chi connectivity index (χ2n) is 6.65. The van der Waals surface area contributed by atoms with Crippen molar-refractivity contribution in [2.45, 2.75) is 46.1 Å². The smallest absolute Gasteiger partial charge is 0.265 e. The number of Topliss-reactive ketones (excluding diaryl/α,β-unsaturated/α-hetero) is 1. The molecule has 0 amide bonds. The standard InChI is InChI=1S/C10H9ClN2O4S2.C10H14O/c1-5-8(11)10(17-12-5)13-19(15,16)7-3-4-18-9(7)6(2)14;1-7-4-5-8(2)10(6-11)9(7)3/h3-4,13H,1-2H3;4-5,11H,6H2,1-3H3. The number of aryl methyl sites for hydroxylation is 3. The molecule has 30 heavy (non-hydrogen) atoms. The van der Waals surface area contributed by atoms with Crippen molar-refractivity contribution in [3.05, 3.63) is 61.4 Å². The average Bonchev–Trinajstić information content (AvgIpc) is 3.29. The number of carbonyl (C=O) groups excluding carboxylic acids is 1. The van der Waals surface area contributed by atoms with Crippen LogP contribution in [0, 0.1) is 27.7 Å². The molecule has 2 aromatic heterocycles. The van der Waals surface area contributed by atoms with E-state index >= 15 is 0 Å². The van der Waals surface area contributed by atoms with E-state index in [-0.39, 0.29) is 33.1 Å². The molecule has 1 aromatic carbocycles. The van der Waals surface area contributed by atoms with Crippen molar-refractivity contribution in [2.24, 2.45) is 0 Å². The molecule has 0 saturated carbocycles. The third kappa shape index (κ3) is 5.28. The molecule has 0 saturated heterocycles. The van der Waals surface area contributed by atoms with Gasteiger partial charge in [0.15, 0.2) is 5.78 Å². The largest absolute Gasteiger partial charge is 0.392 e. The molecule has 2 N–H and O–H groups in total. The summed E-state index contributed by atoms with van der Waals surface area (Å²) in [6.07, 6.45) is 0. The monoisotopic (exact) mass is 470 g/mol. The van der Waals surface area contributed by atoms with E-state index in [0.29, 0.717) is 5.69 Å². The van der Waals surface area contributed by atoms with Crippen LogP contribution in [0.3, 0.4) is 0 Å². The van der Waals surface area contributed by atoms with E-state index in [4.69, 9.17) is 21.2 Å². The van der Waals surface area contributed by atoms with Crippen LogP contribution in [0.4, 0.5) is 5.88 Å². The zero-order chi connectivity index (χ0) is 22.6. The van der Waals surface area contributed by atoms with Gasteiger partial charge in [0.25, 0.3) is 15.9 Å². The fourth-order valence-corrected chi connectivity index (χ4v) is 5.17. The second kappa shape index (κ2) is 9.74. The molecule has 3 aromatic rings. The summed E-state index contributed by atoms with van der Waals surface area (Å²) >= 11 is 6.89. The van der Waals surface area contributed by atoms with E-state index in [1.54, 1.807) is 6.92 Å². The Kier molecular flexibility index (Phi) is 7.81. The molecule has 162 valence electrons. The van der Waals surface area contributed by atoms with Gasteiger partial charge in [0.1, 0.15) is 15.6 Å². The lowest BCUT2D eigenvalue weighted by Crippen LogP contribution is -2.14. The van der Waals surface area contributed by atoms with Gasteiger partial charge in [-0.2, -0.15) is 0 Å². The minimum absolute atomic E-state index is 0.0863. The van der Waals surface area contributed by atoms with Crippen molar-refractivity contribution in [2.75, 3.05) is 4.72 Å². The van der Waals surface area contributed by atoms with Gasteiger partial charge >= 0.3 is 0 Å². The first-order valence-corrected chi connectivity index (χ1v) is 11.6. The topological polar surface area (TPSA) is 110 Å². The van der Waals surface area contributed by atoms with Crippen molar-refractivity contribution < 1.29 is 22.8 Å². The van der Waals surface area contributed by atoms with Gasteiger partial charge in [-0.1, -0.05) is 28.9 Å². The number of aromatic nitrogens is 1. The van der Waals surface area contributed by atoms with E-state index < -0.39 is 10.0 Å². The molecule has 0 aliphatic heterocycles. The Morgan fingerprint density at radius 3 is 2.33 bits per heavy atom. The van der Waals surface area contributed by atoms with Gasteiger partial charge in [0.2, 0.25) is 0 Å². The molecule has 0 unspecified atom stereocenters. The van der Waals surface area contributed by atoms with Crippen LogP contribution in [-0.4, -0.2) is 24.5 Å². The highest BCUT2D eigenvalue weighted by atomic mass is 35.5. The summed E-state index contributed by atoms with van der Waals surface area (Å²) in [5, 5.41) is 14.2. The Morgan fingerprint density at radius 1 is 1.20 bits per heavy atom. The van der Waals surface area contributed by atoms with Crippen LogP contribution in [0.5, 0.6) is 0 Å². The molecule has 0 radical (unpaired) electrons. The third-order valence-electron chi connectivity index (χ3n) is 4.52. The first kappa shape index (κ1) is 24.1. The number of aliphatic hydroxyl groups excluding tert-OH is 1. The lowest BCUT2D eigenvalue weighted by molar-refractivity contribution is 0.101. The van der Waals surface area contributed by atoms with Crippen molar-refractivity contribution in [1.29, 1.82) is 0 Å². The number of hydrogen-bond acceptors (Lipinski definition) is 7. The highest BCUT2D eigenvalue weighted by Gasteiger charge is 2.25. The molecule has 0 aliphatic carbocycles. The zero-order valence-electron chi connectivity index (χ0n) is 17.2. The van der Waals surface area contributed by atoms with Crippen molar-refractivity contribution in [3.8, 4) is 0 Å². The molecule has 3 rings (SSSR count). The first-order chi connectivity index (χ1) is 14.0. The summed E-state index contributed by atoms with van der Waals surface area (Å²) in [5.41, 5.74) is 5.09. The molecular weight excluding hydrogens is 448 g/mol. The summed E-state index contributed by atoms with van der Waals surface area (Å²) < 4.78 is 31.2. The van der Waals surface area contributed by atoms with Gasteiger partial charge < -0.3 is 9.63 Å². The molecular formula is C20H23ClN2O5S2. The number of rotatable bonds is 5. The maximum Gasteiger partial charge on any atom is 0.265 e. The number of benzene rings is 1. The van der Waals surface area contributed by atoms with Gasteiger partial charge in [-0.05, 0) is 68.3 Å².